The zero-order chi connectivity index (χ0) is 26.3. The van der Waals surface area contributed by atoms with E-state index in [2.05, 4.69) is 47.6 Å². The van der Waals surface area contributed by atoms with Crippen molar-refractivity contribution in [2.45, 2.75) is 100 Å². The van der Waals surface area contributed by atoms with Gasteiger partial charge in [0.1, 0.15) is 0 Å². The van der Waals surface area contributed by atoms with Crippen LogP contribution in [0.25, 0.3) is 0 Å². The standard InChI is InChI=1S/C32H46O4/c1-9-35-36-19-28(4)10-11-29(5)12-14-31(7)24-16-20(2)26-21(3)27(34)23(33)17-22(26)30(24,6)13-15-32(31,8)25(29)18-28/h16-17,20,25H,9-15,18-19H2,1-8H3/t20?,25-,28-,29-,30+,31-,32+/m1/s1. The molecule has 1 unspecified atom stereocenters. The van der Waals surface area contributed by atoms with E-state index in [9.17, 15) is 9.59 Å². The molecule has 0 aromatic heterocycles. The minimum Gasteiger partial charge on any atom is -0.286 e. The van der Waals surface area contributed by atoms with E-state index in [1.54, 1.807) is 6.08 Å². The predicted molar refractivity (Wildman–Crippen MR) is 142 cm³/mol. The average Bonchev–Trinajstić information content (AvgIpc) is 2.82. The van der Waals surface area contributed by atoms with Crippen LogP contribution in [0, 0.1) is 38.9 Å². The highest BCUT2D eigenvalue weighted by atomic mass is 17.2. The quantitative estimate of drug-likeness (QED) is 0.102. The van der Waals surface area contributed by atoms with Crippen molar-refractivity contribution in [3.8, 4) is 0 Å². The van der Waals surface area contributed by atoms with Gasteiger partial charge in [-0.05, 0) is 110 Å². The number of rotatable bonds is 4. The molecule has 0 heterocycles. The van der Waals surface area contributed by atoms with Crippen molar-refractivity contribution in [2.24, 2.45) is 38.9 Å². The van der Waals surface area contributed by atoms with Crippen LogP contribution in [0.1, 0.15) is 100 Å². The van der Waals surface area contributed by atoms with Crippen molar-refractivity contribution < 1.29 is 19.4 Å². The number of hydrogen-bond donors (Lipinski definition) is 0. The summed E-state index contributed by atoms with van der Waals surface area (Å²) < 4.78 is 0. The summed E-state index contributed by atoms with van der Waals surface area (Å²) in [6.07, 6.45) is 12.4. The van der Waals surface area contributed by atoms with Gasteiger partial charge in [0.15, 0.2) is 0 Å². The van der Waals surface area contributed by atoms with E-state index in [4.69, 9.17) is 9.78 Å². The second kappa shape index (κ2) is 8.24. The van der Waals surface area contributed by atoms with Crippen LogP contribution >= 0.6 is 0 Å². The molecule has 0 bridgehead atoms. The molecule has 5 aliphatic carbocycles. The molecule has 0 aromatic carbocycles. The van der Waals surface area contributed by atoms with Crippen molar-refractivity contribution >= 4 is 11.6 Å². The molecule has 0 aromatic rings. The van der Waals surface area contributed by atoms with Crippen LogP contribution < -0.4 is 0 Å². The Morgan fingerprint density at radius 1 is 0.944 bits per heavy atom. The van der Waals surface area contributed by atoms with Gasteiger partial charge in [-0.1, -0.05) is 53.2 Å². The summed E-state index contributed by atoms with van der Waals surface area (Å²) >= 11 is 0. The van der Waals surface area contributed by atoms with Crippen LogP contribution in [0.3, 0.4) is 0 Å². The number of allylic oxidation sites excluding steroid dienone is 6. The van der Waals surface area contributed by atoms with Crippen molar-refractivity contribution in [1.82, 2.24) is 0 Å². The number of hydrogen-bond acceptors (Lipinski definition) is 4. The second-order valence-electron chi connectivity index (χ2n) is 14.1. The Kier molecular flexibility index (Phi) is 5.97. The number of fused-ring (bicyclic) bond motifs is 7. The predicted octanol–water partition coefficient (Wildman–Crippen LogP) is 7.34. The zero-order valence-electron chi connectivity index (χ0n) is 23.8. The lowest BCUT2D eigenvalue weighted by Gasteiger charge is -2.70. The van der Waals surface area contributed by atoms with Crippen molar-refractivity contribution in [3.63, 3.8) is 0 Å². The van der Waals surface area contributed by atoms with Gasteiger partial charge in [0.2, 0.25) is 11.6 Å². The first-order chi connectivity index (χ1) is 16.7. The topological polar surface area (TPSA) is 52.6 Å². The molecule has 7 atom stereocenters. The number of carbonyl (C=O) groups is 2. The Balaban J connectivity index is 1.58. The lowest BCUT2D eigenvalue weighted by molar-refractivity contribution is -0.312. The molecule has 3 saturated carbocycles. The van der Waals surface area contributed by atoms with E-state index in [0.717, 1.165) is 24.0 Å². The van der Waals surface area contributed by atoms with Crippen molar-refractivity contribution in [3.05, 3.63) is 34.4 Å². The van der Waals surface area contributed by atoms with E-state index >= 15 is 0 Å². The first-order valence-electron chi connectivity index (χ1n) is 14.2. The normalized spacial score (nSPS) is 46.3. The summed E-state index contributed by atoms with van der Waals surface area (Å²) in [7, 11) is 0. The molecule has 5 aliphatic rings. The molecule has 0 radical (unpaired) electrons. The van der Waals surface area contributed by atoms with E-state index in [1.807, 2.05) is 13.8 Å². The van der Waals surface area contributed by atoms with Gasteiger partial charge in [0.05, 0.1) is 13.2 Å². The highest BCUT2D eigenvalue weighted by molar-refractivity contribution is 6.48. The monoisotopic (exact) mass is 494 g/mol. The van der Waals surface area contributed by atoms with Gasteiger partial charge in [-0.3, -0.25) is 9.59 Å². The lowest BCUT2D eigenvalue weighted by atomic mass is 9.34. The molecular weight excluding hydrogens is 448 g/mol. The minimum absolute atomic E-state index is 0.0578. The molecule has 0 amide bonds. The molecule has 3 fully saturated rings. The van der Waals surface area contributed by atoms with Crippen LogP contribution in [0.4, 0.5) is 0 Å². The molecule has 0 saturated heterocycles. The van der Waals surface area contributed by atoms with E-state index < -0.39 is 0 Å². The number of carbonyl (C=O) groups excluding carboxylic acids is 2. The van der Waals surface area contributed by atoms with Crippen molar-refractivity contribution in [1.29, 1.82) is 0 Å². The Hall–Kier alpha value is -1.52. The molecule has 4 heteroatoms. The third kappa shape index (κ3) is 3.39. The molecule has 0 spiro atoms. The van der Waals surface area contributed by atoms with Crippen LogP contribution in [0.2, 0.25) is 0 Å². The summed E-state index contributed by atoms with van der Waals surface area (Å²) in [6, 6.07) is 0. The molecule has 5 rings (SSSR count). The Morgan fingerprint density at radius 3 is 2.33 bits per heavy atom. The van der Waals surface area contributed by atoms with Gasteiger partial charge >= 0.3 is 0 Å². The SMILES string of the molecule is CCOOC[C@]1(C)CC[C@]2(C)CC[C@]3(C)C4=CC(C)C5=C(C)C(=O)C(=O)C=C5[C@]4(C)CC[C@@]3(C)[C@@H]2C1. The smallest absolute Gasteiger partial charge is 0.228 e. The van der Waals surface area contributed by atoms with E-state index in [1.165, 1.54) is 37.7 Å². The largest absolute Gasteiger partial charge is 0.286 e. The zero-order valence-corrected chi connectivity index (χ0v) is 23.8. The number of Topliss-reactive ketones (excluding diaryl/α,β-unsaturated/α-hetero) is 1. The first kappa shape index (κ1) is 26.1. The van der Waals surface area contributed by atoms with E-state index in [0.29, 0.717) is 30.1 Å². The van der Waals surface area contributed by atoms with Crippen molar-refractivity contribution in [2.75, 3.05) is 13.2 Å². The maximum atomic E-state index is 12.7. The van der Waals surface area contributed by atoms with E-state index in [-0.39, 0.29) is 39.1 Å². The highest BCUT2D eigenvalue weighted by Crippen LogP contribution is 2.75. The summed E-state index contributed by atoms with van der Waals surface area (Å²) in [5.41, 5.74) is 4.95. The molecule has 0 aliphatic heterocycles. The second-order valence-corrected chi connectivity index (χ2v) is 14.1. The summed E-state index contributed by atoms with van der Waals surface area (Å²) in [5.74, 6) is 0.0980. The van der Waals surface area contributed by atoms with Crippen LogP contribution in [-0.4, -0.2) is 24.8 Å². The maximum Gasteiger partial charge on any atom is 0.228 e. The molecular formula is C32H46O4. The lowest BCUT2D eigenvalue weighted by Crippen LogP contribution is -2.62. The maximum absolute atomic E-state index is 12.7. The fourth-order valence-electron chi connectivity index (χ4n) is 9.45. The fourth-order valence-corrected chi connectivity index (χ4v) is 9.45. The van der Waals surface area contributed by atoms with Gasteiger partial charge in [-0.25, -0.2) is 9.78 Å². The van der Waals surface area contributed by atoms with Gasteiger partial charge in [-0.15, -0.1) is 0 Å². The van der Waals surface area contributed by atoms with Crippen LogP contribution in [0.5, 0.6) is 0 Å². The Bertz CT molecular complexity index is 1100. The fraction of sp³-hybridized carbons (Fsp3) is 0.750. The number of ketones is 2. The third-order valence-corrected chi connectivity index (χ3v) is 12.0. The summed E-state index contributed by atoms with van der Waals surface area (Å²) in [4.78, 5) is 36.3. The molecule has 0 N–H and O–H groups in total. The van der Waals surface area contributed by atoms with Gasteiger partial charge in [0.25, 0.3) is 0 Å². The third-order valence-electron chi connectivity index (χ3n) is 12.0. The Morgan fingerprint density at radius 2 is 1.64 bits per heavy atom. The van der Waals surface area contributed by atoms with Crippen LogP contribution in [-0.2, 0) is 19.4 Å². The highest BCUT2D eigenvalue weighted by Gasteiger charge is 2.67. The molecule has 4 nitrogen and oxygen atoms in total. The first-order valence-corrected chi connectivity index (χ1v) is 14.2. The summed E-state index contributed by atoms with van der Waals surface area (Å²) in [5, 5.41) is 0. The summed E-state index contributed by atoms with van der Waals surface area (Å²) in [6.45, 7) is 19.7. The minimum atomic E-state index is -0.340. The average molecular weight is 495 g/mol. The Labute approximate surface area is 217 Å². The van der Waals surface area contributed by atoms with Gasteiger partial charge in [-0.2, -0.15) is 0 Å². The van der Waals surface area contributed by atoms with Gasteiger partial charge < -0.3 is 0 Å². The molecule has 36 heavy (non-hydrogen) atoms. The van der Waals surface area contributed by atoms with Gasteiger partial charge in [0, 0.05) is 11.0 Å². The molecule has 198 valence electrons. The van der Waals surface area contributed by atoms with Crippen LogP contribution in [0.15, 0.2) is 34.4 Å².